The Bertz CT molecular complexity index is 990. The standard InChI is InChI=1S/C30H36F4O/c31-26-14-11-23(15-27(26)32)20-3-1-18(2-4-20)19-5-7-22(8-6-19)30-28(33)16-24(17-29(30)34)21-9-12-25(35)13-10-21/h11,14-22,25,35H,1-10,12-13H2. The normalized spacial score (nSPS) is 31.9. The Kier molecular flexibility index (Phi) is 7.52. The quantitative estimate of drug-likeness (QED) is 0.428. The first-order valence-corrected chi connectivity index (χ1v) is 13.5. The van der Waals surface area contributed by atoms with Crippen LogP contribution in [0.25, 0.3) is 0 Å². The Labute approximate surface area is 205 Å². The zero-order valence-electron chi connectivity index (χ0n) is 20.3. The summed E-state index contributed by atoms with van der Waals surface area (Å²) >= 11 is 0. The Morgan fingerprint density at radius 3 is 1.49 bits per heavy atom. The smallest absolute Gasteiger partial charge is 0.159 e. The van der Waals surface area contributed by atoms with Crippen molar-refractivity contribution in [1.82, 2.24) is 0 Å². The van der Waals surface area contributed by atoms with E-state index in [0.29, 0.717) is 24.7 Å². The molecule has 0 bridgehead atoms. The summed E-state index contributed by atoms with van der Waals surface area (Å²) in [6, 6.07) is 7.37. The van der Waals surface area contributed by atoms with Crippen molar-refractivity contribution in [2.24, 2.45) is 11.8 Å². The van der Waals surface area contributed by atoms with E-state index < -0.39 is 23.3 Å². The Hall–Kier alpha value is -1.88. The van der Waals surface area contributed by atoms with Gasteiger partial charge in [0.1, 0.15) is 11.6 Å². The maximum Gasteiger partial charge on any atom is 0.159 e. The van der Waals surface area contributed by atoms with E-state index in [0.717, 1.165) is 75.3 Å². The van der Waals surface area contributed by atoms with Crippen molar-refractivity contribution < 1.29 is 22.7 Å². The number of hydrogen-bond acceptors (Lipinski definition) is 1. The minimum absolute atomic E-state index is 0.0630. The van der Waals surface area contributed by atoms with Gasteiger partial charge in [-0.3, -0.25) is 0 Å². The predicted octanol–water partition coefficient (Wildman–Crippen LogP) is 8.51. The van der Waals surface area contributed by atoms with Gasteiger partial charge in [0.25, 0.3) is 0 Å². The summed E-state index contributed by atoms with van der Waals surface area (Å²) in [4.78, 5) is 0. The number of aliphatic hydroxyl groups excluding tert-OH is 1. The van der Waals surface area contributed by atoms with Gasteiger partial charge in [-0.2, -0.15) is 0 Å². The monoisotopic (exact) mass is 488 g/mol. The molecule has 190 valence electrons. The number of benzene rings is 2. The van der Waals surface area contributed by atoms with Crippen LogP contribution in [0.15, 0.2) is 30.3 Å². The van der Waals surface area contributed by atoms with Gasteiger partial charge in [0.05, 0.1) is 6.10 Å². The fourth-order valence-electron chi connectivity index (χ4n) is 7.21. The molecule has 0 atom stereocenters. The van der Waals surface area contributed by atoms with Gasteiger partial charge in [0.2, 0.25) is 0 Å². The summed E-state index contributed by atoms with van der Waals surface area (Å²) < 4.78 is 57.1. The maximum atomic E-state index is 15.1. The van der Waals surface area contributed by atoms with Crippen LogP contribution < -0.4 is 0 Å². The van der Waals surface area contributed by atoms with Gasteiger partial charge in [-0.1, -0.05) is 6.07 Å². The highest BCUT2D eigenvalue weighted by molar-refractivity contribution is 5.32. The molecule has 0 amide bonds. The van der Waals surface area contributed by atoms with E-state index in [1.165, 1.54) is 12.1 Å². The lowest BCUT2D eigenvalue weighted by molar-refractivity contribution is 0.122. The van der Waals surface area contributed by atoms with Gasteiger partial charge in [-0.05, 0) is 142 Å². The zero-order valence-corrected chi connectivity index (χ0v) is 20.3. The van der Waals surface area contributed by atoms with Gasteiger partial charge in [-0.25, -0.2) is 17.6 Å². The maximum absolute atomic E-state index is 15.1. The van der Waals surface area contributed by atoms with Crippen LogP contribution in [0.2, 0.25) is 0 Å². The molecule has 0 aliphatic heterocycles. The number of hydrogen-bond donors (Lipinski definition) is 1. The molecule has 1 N–H and O–H groups in total. The first-order chi connectivity index (χ1) is 16.9. The van der Waals surface area contributed by atoms with Gasteiger partial charge >= 0.3 is 0 Å². The molecule has 0 spiro atoms. The topological polar surface area (TPSA) is 20.2 Å². The molecule has 0 saturated heterocycles. The van der Waals surface area contributed by atoms with E-state index in [4.69, 9.17) is 0 Å². The van der Waals surface area contributed by atoms with Crippen molar-refractivity contribution in [3.05, 3.63) is 70.3 Å². The van der Waals surface area contributed by atoms with Crippen LogP contribution in [0.3, 0.4) is 0 Å². The molecule has 1 nitrogen and oxygen atoms in total. The average molecular weight is 489 g/mol. The van der Waals surface area contributed by atoms with Gasteiger partial charge < -0.3 is 5.11 Å². The molecule has 3 fully saturated rings. The third-order valence-corrected chi connectivity index (χ3v) is 9.30. The Morgan fingerprint density at radius 1 is 0.486 bits per heavy atom. The Morgan fingerprint density at radius 2 is 0.943 bits per heavy atom. The van der Waals surface area contributed by atoms with Gasteiger partial charge in [-0.15, -0.1) is 0 Å². The molecule has 2 aromatic carbocycles. The highest BCUT2D eigenvalue weighted by Gasteiger charge is 2.34. The van der Waals surface area contributed by atoms with Crippen LogP contribution in [0.4, 0.5) is 17.6 Å². The van der Waals surface area contributed by atoms with E-state index in [2.05, 4.69) is 0 Å². The second-order valence-electron chi connectivity index (χ2n) is 11.3. The zero-order chi connectivity index (χ0) is 24.5. The number of rotatable bonds is 4. The Balaban J connectivity index is 1.16. The van der Waals surface area contributed by atoms with Crippen molar-refractivity contribution >= 4 is 0 Å². The molecule has 0 unspecified atom stereocenters. The molecule has 0 radical (unpaired) electrons. The van der Waals surface area contributed by atoms with Crippen LogP contribution in [0, 0.1) is 35.1 Å². The second-order valence-corrected chi connectivity index (χ2v) is 11.3. The third-order valence-electron chi connectivity index (χ3n) is 9.30. The minimum atomic E-state index is -0.796. The molecule has 3 aliphatic rings. The van der Waals surface area contributed by atoms with Crippen LogP contribution in [0.1, 0.15) is 111 Å². The van der Waals surface area contributed by atoms with E-state index in [-0.39, 0.29) is 29.4 Å². The van der Waals surface area contributed by atoms with E-state index >= 15 is 8.78 Å². The molecule has 3 aliphatic carbocycles. The lowest BCUT2D eigenvalue weighted by atomic mass is 9.67. The van der Waals surface area contributed by atoms with Crippen molar-refractivity contribution in [1.29, 1.82) is 0 Å². The summed E-state index contributed by atoms with van der Waals surface area (Å²) in [6.45, 7) is 0. The van der Waals surface area contributed by atoms with Crippen molar-refractivity contribution in [2.45, 2.75) is 101 Å². The molecule has 5 heteroatoms. The van der Waals surface area contributed by atoms with Crippen LogP contribution in [-0.4, -0.2) is 11.2 Å². The highest BCUT2D eigenvalue weighted by atomic mass is 19.2. The SMILES string of the molecule is OC1CCC(c2cc(F)c(C3CCC(C4CCC(c5ccc(F)c(F)c5)CC4)CC3)c(F)c2)CC1. The minimum Gasteiger partial charge on any atom is -0.393 e. The van der Waals surface area contributed by atoms with Crippen LogP contribution >= 0.6 is 0 Å². The first-order valence-electron chi connectivity index (χ1n) is 13.5. The van der Waals surface area contributed by atoms with Crippen molar-refractivity contribution in [2.75, 3.05) is 0 Å². The second kappa shape index (κ2) is 10.6. The molecule has 0 aromatic heterocycles. The summed E-state index contributed by atoms with van der Waals surface area (Å²) in [6.07, 6.45) is 10.4. The fourth-order valence-corrected chi connectivity index (χ4v) is 7.21. The number of halogens is 4. The first kappa shape index (κ1) is 24.8. The summed E-state index contributed by atoms with van der Waals surface area (Å²) in [5.41, 5.74) is 1.90. The van der Waals surface area contributed by atoms with E-state index in [9.17, 15) is 13.9 Å². The highest BCUT2D eigenvalue weighted by Crippen LogP contribution is 2.47. The van der Waals surface area contributed by atoms with Crippen LogP contribution in [-0.2, 0) is 0 Å². The molecule has 2 aromatic rings. The van der Waals surface area contributed by atoms with E-state index in [1.807, 2.05) is 0 Å². The summed E-state index contributed by atoms with van der Waals surface area (Å²) in [7, 11) is 0. The molecular weight excluding hydrogens is 452 g/mol. The van der Waals surface area contributed by atoms with Gasteiger partial charge in [0.15, 0.2) is 11.6 Å². The largest absolute Gasteiger partial charge is 0.393 e. The van der Waals surface area contributed by atoms with Crippen LogP contribution in [0.5, 0.6) is 0 Å². The summed E-state index contributed by atoms with van der Waals surface area (Å²) in [5, 5.41) is 9.72. The lowest BCUT2D eigenvalue weighted by Gasteiger charge is -2.38. The number of aliphatic hydroxyl groups is 1. The molecular formula is C30H36F4O. The molecule has 0 heterocycles. The molecule has 35 heavy (non-hydrogen) atoms. The van der Waals surface area contributed by atoms with Crippen molar-refractivity contribution in [3.8, 4) is 0 Å². The van der Waals surface area contributed by atoms with E-state index in [1.54, 1.807) is 18.2 Å². The summed E-state index contributed by atoms with van der Waals surface area (Å²) in [5.74, 6) is -0.827. The molecule has 5 rings (SSSR count). The fraction of sp³-hybridized carbons (Fsp3) is 0.600. The average Bonchev–Trinajstić information content (AvgIpc) is 2.86. The molecule has 3 saturated carbocycles. The van der Waals surface area contributed by atoms with Gasteiger partial charge in [0, 0.05) is 5.56 Å². The predicted molar refractivity (Wildman–Crippen MR) is 129 cm³/mol. The lowest BCUT2D eigenvalue weighted by Crippen LogP contribution is -2.25. The third kappa shape index (κ3) is 5.45. The van der Waals surface area contributed by atoms with Crippen molar-refractivity contribution in [3.63, 3.8) is 0 Å².